The van der Waals surface area contributed by atoms with Crippen molar-refractivity contribution in [2.24, 2.45) is 0 Å². The second-order valence-electron chi connectivity index (χ2n) is 4.14. The predicted molar refractivity (Wildman–Crippen MR) is 76.4 cm³/mol. The Labute approximate surface area is 120 Å². The first kappa shape index (κ1) is 13.8. The molecule has 4 nitrogen and oxygen atoms in total. The Bertz CT molecular complexity index is 566. The molecule has 1 aromatic heterocycles. The van der Waals surface area contributed by atoms with Crippen molar-refractivity contribution < 1.29 is 9.53 Å². The number of hydrogen-bond acceptors (Lipinski definition) is 3. The van der Waals surface area contributed by atoms with Crippen molar-refractivity contribution in [3.05, 3.63) is 46.5 Å². The highest BCUT2D eigenvalue weighted by molar-refractivity contribution is 9.10. The van der Waals surface area contributed by atoms with Crippen LogP contribution in [0.15, 0.2) is 35.2 Å². The van der Waals surface area contributed by atoms with Crippen LogP contribution >= 0.6 is 15.9 Å². The number of aryl methyl sites for hydroxylation is 1. The van der Waals surface area contributed by atoms with Gasteiger partial charge >= 0.3 is 0 Å². The molecule has 5 heteroatoms. The summed E-state index contributed by atoms with van der Waals surface area (Å²) < 4.78 is 8.58. The average molecular weight is 323 g/mol. The lowest BCUT2D eigenvalue weighted by Gasteiger charge is -2.11. The Morgan fingerprint density at radius 3 is 3.05 bits per heavy atom. The summed E-state index contributed by atoms with van der Waals surface area (Å²) in [5.41, 5.74) is 1.53. The van der Waals surface area contributed by atoms with Crippen molar-refractivity contribution >= 4 is 22.2 Å². The van der Waals surface area contributed by atoms with E-state index >= 15 is 0 Å². The fraction of sp³-hybridized carbons (Fsp3) is 0.286. The number of para-hydroxylation sites is 1. The maximum Gasteiger partial charge on any atom is 0.153 e. The minimum absolute atomic E-state index is 0.392. The van der Waals surface area contributed by atoms with Gasteiger partial charge in [0.1, 0.15) is 12.4 Å². The van der Waals surface area contributed by atoms with Gasteiger partial charge in [-0.3, -0.25) is 4.79 Å². The van der Waals surface area contributed by atoms with Crippen LogP contribution in [0.5, 0.6) is 5.75 Å². The molecule has 0 N–H and O–H groups in total. The molecule has 0 radical (unpaired) electrons. The SMILES string of the molecule is CCCn1cncc1COc1c(Br)cccc1C=O. The Kier molecular flexibility index (Phi) is 4.74. The number of imidazole rings is 1. The van der Waals surface area contributed by atoms with E-state index in [1.165, 1.54) is 0 Å². The molecule has 0 saturated carbocycles. The van der Waals surface area contributed by atoms with Crippen molar-refractivity contribution in [2.75, 3.05) is 0 Å². The average Bonchev–Trinajstić information content (AvgIpc) is 2.85. The van der Waals surface area contributed by atoms with E-state index in [1.54, 1.807) is 18.6 Å². The Morgan fingerprint density at radius 1 is 1.47 bits per heavy atom. The lowest BCUT2D eigenvalue weighted by Crippen LogP contribution is -2.06. The number of carbonyl (C=O) groups excluding carboxylic acids is 1. The van der Waals surface area contributed by atoms with Crippen molar-refractivity contribution in [1.82, 2.24) is 9.55 Å². The van der Waals surface area contributed by atoms with Gasteiger partial charge in [0.2, 0.25) is 0 Å². The van der Waals surface area contributed by atoms with Gasteiger partial charge < -0.3 is 9.30 Å². The zero-order valence-electron chi connectivity index (χ0n) is 10.7. The first-order valence-corrected chi connectivity index (χ1v) is 6.91. The number of aldehydes is 1. The van der Waals surface area contributed by atoms with Gasteiger partial charge in [-0.1, -0.05) is 13.0 Å². The van der Waals surface area contributed by atoms with Gasteiger partial charge in [0, 0.05) is 6.54 Å². The largest absolute Gasteiger partial charge is 0.485 e. The number of rotatable bonds is 6. The van der Waals surface area contributed by atoms with Crippen LogP contribution in [0.3, 0.4) is 0 Å². The Hall–Kier alpha value is -1.62. The van der Waals surface area contributed by atoms with Crippen LogP contribution in [0.4, 0.5) is 0 Å². The molecule has 0 amide bonds. The molecule has 0 spiro atoms. The molecule has 0 unspecified atom stereocenters. The molecule has 0 saturated heterocycles. The fourth-order valence-corrected chi connectivity index (χ4v) is 2.32. The Morgan fingerprint density at radius 2 is 2.32 bits per heavy atom. The fourth-order valence-electron chi connectivity index (χ4n) is 1.83. The van der Waals surface area contributed by atoms with E-state index in [0.717, 1.165) is 29.4 Å². The van der Waals surface area contributed by atoms with Gasteiger partial charge in [-0.25, -0.2) is 4.98 Å². The molecule has 1 heterocycles. The van der Waals surface area contributed by atoms with Crippen LogP contribution in [0.25, 0.3) is 0 Å². The van der Waals surface area contributed by atoms with E-state index < -0.39 is 0 Å². The lowest BCUT2D eigenvalue weighted by atomic mass is 10.2. The normalized spacial score (nSPS) is 10.4. The van der Waals surface area contributed by atoms with Gasteiger partial charge in [0.05, 0.1) is 28.3 Å². The van der Waals surface area contributed by atoms with Crippen LogP contribution in [-0.2, 0) is 13.2 Å². The lowest BCUT2D eigenvalue weighted by molar-refractivity contribution is 0.111. The highest BCUT2D eigenvalue weighted by Crippen LogP contribution is 2.28. The zero-order chi connectivity index (χ0) is 13.7. The highest BCUT2D eigenvalue weighted by atomic mass is 79.9. The predicted octanol–water partition coefficient (Wildman–Crippen LogP) is 3.45. The smallest absolute Gasteiger partial charge is 0.153 e. The molecule has 2 rings (SSSR count). The van der Waals surface area contributed by atoms with E-state index in [2.05, 4.69) is 32.4 Å². The molecule has 19 heavy (non-hydrogen) atoms. The zero-order valence-corrected chi connectivity index (χ0v) is 12.3. The van der Waals surface area contributed by atoms with E-state index in [-0.39, 0.29) is 0 Å². The van der Waals surface area contributed by atoms with Crippen LogP contribution in [0.1, 0.15) is 29.4 Å². The standard InChI is InChI=1S/C14H15BrN2O2/c1-2-6-17-10-16-7-12(17)9-19-14-11(8-18)4-3-5-13(14)15/h3-5,7-8,10H,2,6,9H2,1H3. The molecule has 1 aromatic carbocycles. The summed E-state index contributed by atoms with van der Waals surface area (Å²) in [6.45, 7) is 3.42. The first-order valence-electron chi connectivity index (χ1n) is 6.11. The number of carbonyl (C=O) groups is 1. The van der Waals surface area contributed by atoms with Gasteiger partial charge in [0.15, 0.2) is 6.29 Å². The van der Waals surface area contributed by atoms with Crippen molar-refractivity contribution in [3.63, 3.8) is 0 Å². The van der Waals surface area contributed by atoms with Crippen LogP contribution in [0, 0.1) is 0 Å². The van der Waals surface area contributed by atoms with Gasteiger partial charge in [0.25, 0.3) is 0 Å². The van der Waals surface area contributed by atoms with Gasteiger partial charge in [-0.05, 0) is 34.5 Å². The third-order valence-electron chi connectivity index (χ3n) is 2.75. The van der Waals surface area contributed by atoms with Crippen molar-refractivity contribution in [3.8, 4) is 5.75 Å². The number of ether oxygens (including phenoxy) is 1. The second-order valence-corrected chi connectivity index (χ2v) is 5.00. The molecular formula is C14H15BrN2O2. The minimum Gasteiger partial charge on any atom is -0.485 e. The second kappa shape index (κ2) is 6.52. The topological polar surface area (TPSA) is 44.1 Å². The maximum absolute atomic E-state index is 11.0. The van der Waals surface area contributed by atoms with E-state index in [4.69, 9.17) is 4.74 Å². The molecule has 100 valence electrons. The van der Waals surface area contributed by atoms with E-state index in [1.807, 2.05) is 12.1 Å². The quantitative estimate of drug-likeness (QED) is 0.765. The third-order valence-corrected chi connectivity index (χ3v) is 3.38. The molecule has 0 aliphatic heterocycles. The molecule has 0 bridgehead atoms. The maximum atomic E-state index is 11.0. The van der Waals surface area contributed by atoms with Crippen LogP contribution < -0.4 is 4.74 Å². The first-order chi connectivity index (χ1) is 9.26. The minimum atomic E-state index is 0.392. The van der Waals surface area contributed by atoms with Crippen molar-refractivity contribution in [1.29, 1.82) is 0 Å². The van der Waals surface area contributed by atoms with Crippen LogP contribution in [-0.4, -0.2) is 15.8 Å². The molecular weight excluding hydrogens is 308 g/mol. The molecule has 2 aromatic rings. The molecule has 0 atom stereocenters. The summed E-state index contributed by atoms with van der Waals surface area (Å²) >= 11 is 3.40. The summed E-state index contributed by atoms with van der Waals surface area (Å²) in [4.78, 5) is 15.1. The van der Waals surface area contributed by atoms with E-state index in [9.17, 15) is 4.79 Å². The molecule has 0 aliphatic rings. The number of halogens is 1. The summed E-state index contributed by atoms with van der Waals surface area (Å²) in [7, 11) is 0. The van der Waals surface area contributed by atoms with Crippen molar-refractivity contribution in [2.45, 2.75) is 26.5 Å². The van der Waals surface area contributed by atoms with Crippen LogP contribution in [0.2, 0.25) is 0 Å². The summed E-state index contributed by atoms with van der Waals surface area (Å²) in [6.07, 6.45) is 5.41. The number of aromatic nitrogens is 2. The van der Waals surface area contributed by atoms with Gasteiger partial charge in [-0.2, -0.15) is 0 Å². The number of nitrogens with zero attached hydrogens (tertiary/aromatic N) is 2. The highest BCUT2D eigenvalue weighted by Gasteiger charge is 2.09. The summed E-state index contributed by atoms with van der Waals surface area (Å²) in [5, 5.41) is 0. The Balaban J connectivity index is 2.14. The summed E-state index contributed by atoms with van der Waals surface area (Å²) in [5.74, 6) is 0.571. The number of hydrogen-bond donors (Lipinski definition) is 0. The number of benzene rings is 1. The van der Waals surface area contributed by atoms with Gasteiger partial charge in [-0.15, -0.1) is 0 Å². The third kappa shape index (κ3) is 3.23. The monoisotopic (exact) mass is 322 g/mol. The molecule has 0 aliphatic carbocycles. The molecule has 0 fully saturated rings. The summed E-state index contributed by atoms with van der Waals surface area (Å²) in [6, 6.07) is 5.39. The van der Waals surface area contributed by atoms with E-state index in [0.29, 0.717) is 17.9 Å².